The Kier molecular flexibility index (Phi) is 3.03. The highest BCUT2D eigenvalue weighted by Crippen LogP contribution is 2.32. The molecule has 2 heterocycles. The molecular weight excluding hydrogens is 262 g/mol. The van der Waals surface area contributed by atoms with Crippen molar-refractivity contribution in [3.8, 4) is 5.69 Å². The number of benzene rings is 1. The highest BCUT2D eigenvalue weighted by molar-refractivity contribution is 5.87. The molecule has 0 unspecified atom stereocenters. The Morgan fingerprint density at radius 2 is 2.00 bits per heavy atom. The van der Waals surface area contributed by atoms with Gasteiger partial charge in [0.05, 0.1) is 17.3 Å². The third kappa shape index (κ3) is 2.46. The molecule has 1 aliphatic carbocycles. The smallest absolute Gasteiger partial charge is 0.168 e. The molecule has 0 bridgehead atoms. The van der Waals surface area contributed by atoms with E-state index in [-0.39, 0.29) is 0 Å². The fourth-order valence-electron chi connectivity index (χ4n) is 2.54. The van der Waals surface area contributed by atoms with Gasteiger partial charge in [-0.15, -0.1) is 0 Å². The van der Waals surface area contributed by atoms with Crippen LogP contribution in [-0.4, -0.2) is 26.3 Å². The fraction of sp³-hybridized carbons (Fsp3) is 0.312. The summed E-state index contributed by atoms with van der Waals surface area (Å²) in [5.74, 6) is 1.80. The molecule has 0 spiro atoms. The lowest BCUT2D eigenvalue weighted by Crippen LogP contribution is -2.05. The van der Waals surface area contributed by atoms with E-state index in [4.69, 9.17) is 0 Å². The summed E-state index contributed by atoms with van der Waals surface area (Å²) in [6.07, 6.45) is 7.42. The van der Waals surface area contributed by atoms with Crippen LogP contribution in [0.15, 0.2) is 42.9 Å². The van der Waals surface area contributed by atoms with Gasteiger partial charge in [0.2, 0.25) is 0 Å². The van der Waals surface area contributed by atoms with Crippen molar-refractivity contribution in [2.24, 2.45) is 5.92 Å². The van der Waals surface area contributed by atoms with Crippen LogP contribution in [0.25, 0.3) is 16.7 Å². The third-order valence-corrected chi connectivity index (χ3v) is 3.91. The Bertz CT molecular complexity index is 746. The Morgan fingerprint density at radius 3 is 2.81 bits per heavy atom. The van der Waals surface area contributed by atoms with Gasteiger partial charge in [0.15, 0.2) is 5.65 Å². The van der Waals surface area contributed by atoms with Crippen molar-refractivity contribution in [1.82, 2.24) is 19.7 Å². The SMILES string of the molecule is c1ccc(-n2ncc3c(NCCC4CC4)ncnc32)cc1. The summed E-state index contributed by atoms with van der Waals surface area (Å²) in [5, 5.41) is 8.84. The molecule has 1 N–H and O–H groups in total. The van der Waals surface area contributed by atoms with Crippen LogP contribution in [0, 0.1) is 5.92 Å². The minimum atomic E-state index is 0.838. The number of para-hydroxylation sites is 1. The van der Waals surface area contributed by atoms with Crippen molar-refractivity contribution < 1.29 is 0 Å². The van der Waals surface area contributed by atoms with Crippen LogP contribution in [0.3, 0.4) is 0 Å². The van der Waals surface area contributed by atoms with Crippen LogP contribution >= 0.6 is 0 Å². The van der Waals surface area contributed by atoms with Gasteiger partial charge in [-0.2, -0.15) is 5.10 Å². The maximum absolute atomic E-state index is 4.46. The average Bonchev–Trinajstić information content (AvgIpc) is 3.25. The second kappa shape index (κ2) is 5.16. The van der Waals surface area contributed by atoms with Crippen molar-refractivity contribution in [1.29, 1.82) is 0 Å². The molecule has 1 saturated carbocycles. The molecule has 0 aliphatic heterocycles. The lowest BCUT2D eigenvalue weighted by Gasteiger charge is -2.06. The molecule has 0 atom stereocenters. The summed E-state index contributed by atoms with van der Waals surface area (Å²) in [6.45, 7) is 0.966. The van der Waals surface area contributed by atoms with Gasteiger partial charge in [0.1, 0.15) is 12.1 Å². The summed E-state index contributed by atoms with van der Waals surface area (Å²) < 4.78 is 1.85. The Balaban J connectivity index is 1.65. The number of nitrogens with zero attached hydrogens (tertiary/aromatic N) is 4. The number of nitrogens with one attached hydrogen (secondary N) is 1. The number of anilines is 1. The van der Waals surface area contributed by atoms with E-state index >= 15 is 0 Å². The van der Waals surface area contributed by atoms with Gasteiger partial charge in [-0.25, -0.2) is 14.6 Å². The summed E-state index contributed by atoms with van der Waals surface area (Å²) in [6, 6.07) is 10.0. The van der Waals surface area contributed by atoms with Crippen molar-refractivity contribution >= 4 is 16.9 Å². The van der Waals surface area contributed by atoms with Crippen LogP contribution in [0.4, 0.5) is 5.82 Å². The molecule has 2 aromatic heterocycles. The normalized spacial score (nSPS) is 14.5. The number of fused-ring (bicyclic) bond motifs is 1. The second-order valence-electron chi connectivity index (χ2n) is 5.51. The molecule has 5 heteroatoms. The van der Waals surface area contributed by atoms with Gasteiger partial charge in [0.25, 0.3) is 0 Å². The van der Waals surface area contributed by atoms with E-state index in [1.165, 1.54) is 19.3 Å². The van der Waals surface area contributed by atoms with E-state index in [0.717, 1.165) is 35.0 Å². The van der Waals surface area contributed by atoms with Crippen LogP contribution in [0.2, 0.25) is 0 Å². The first-order valence-electron chi connectivity index (χ1n) is 7.40. The summed E-state index contributed by atoms with van der Waals surface area (Å²) in [4.78, 5) is 8.74. The molecule has 0 amide bonds. The largest absolute Gasteiger partial charge is 0.369 e. The minimum absolute atomic E-state index is 0.838. The quantitative estimate of drug-likeness (QED) is 0.780. The maximum Gasteiger partial charge on any atom is 0.168 e. The van der Waals surface area contributed by atoms with Crippen molar-refractivity contribution in [3.63, 3.8) is 0 Å². The lowest BCUT2D eigenvalue weighted by atomic mass is 10.3. The zero-order valence-electron chi connectivity index (χ0n) is 11.7. The molecule has 4 rings (SSSR count). The Morgan fingerprint density at radius 1 is 1.14 bits per heavy atom. The monoisotopic (exact) mass is 279 g/mol. The maximum atomic E-state index is 4.46. The average molecular weight is 279 g/mol. The first-order chi connectivity index (χ1) is 10.4. The van der Waals surface area contributed by atoms with E-state index in [1.807, 2.05) is 41.2 Å². The molecule has 0 radical (unpaired) electrons. The first kappa shape index (κ1) is 12.3. The number of hydrogen-bond acceptors (Lipinski definition) is 4. The van der Waals surface area contributed by atoms with Crippen LogP contribution in [0.1, 0.15) is 19.3 Å². The minimum Gasteiger partial charge on any atom is -0.369 e. The lowest BCUT2D eigenvalue weighted by molar-refractivity contribution is 0.759. The third-order valence-electron chi connectivity index (χ3n) is 3.91. The zero-order chi connectivity index (χ0) is 14.1. The van der Waals surface area contributed by atoms with E-state index in [1.54, 1.807) is 6.33 Å². The van der Waals surface area contributed by atoms with Gasteiger partial charge < -0.3 is 5.32 Å². The van der Waals surface area contributed by atoms with E-state index < -0.39 is 0 Å². The van der Waals surface area contributed by atoms with E-state index in [9.17, 15) is 0 Å². The molecule has 1 aliphatic rings. The predicted octanol–water partition coefficient (Wildman–Crippen LogP) is 3.03. The van der Waals surface area contributed by atoms with Crippen LogP contribution in [-0.2, 0) is 0 Å². The zero-order valence-corrected chi connectivity index (χ0v) is 11.7. The molecule has 106 valence electrons. The van der Waals surface area contributed by atoms with Crippen molar-refractivity contribution in [2.75, 3.05) is 11.9 Å². The fourth-order valence-corrected chi connectivity index (χ4v) is 2.54. The van der Waals surface area contributed by atoms with Gasteiger partial charge in [-0.05, 0) is 24.5 Å². The Hall–Kier alpha value is -2.43. The Labute approximate surface area is 123 Å². The predicted molar refractivity (Wildman–Crippen MR) is 82.5 cm³/mol. The molecule has 5 nitrogen and oxygen atoms in total. The standard InChI is InChI=1S/C16H17N5/c1-2-4-13(5-3-1)21-16-14(10-20-21)15(18-11-19-16)17-9-8-12-6-7-12/h1-5,10-12H,6-9H2,(H,17,18,19). The number of hydrogen-bond donors (Lipinski definition) is 1. The van der Waals surface area contributed by atoms with E-state index in [0.29, 0.717) is 0 Å². The van der Waals surface area contributed by atoms with Gasteiger partial charge in [-0.1, -0.05) is 31.0 Å². The highest BCUT2D eigenvalue weighted by Gasteiger charge is 2.20. The van der Waals surface area contributed by atoms with Crippen molar-refractivity contribution in [3.05, 3.63) is 42.9 Å². The number of aromatic nitrogens is 4. The molecule has 3 aromatic rings. The summed E-state index contributed by atoms with van der Waals surface area (Å²) in [7, 11) is 0. The highest BCUT2D eigenvalue weighted by atomic mass is 15.3. The first-order valence-corrected chi connectivity index (χ1v) is 7.40. The van der Waals surface area contributed by atoms with Crippen LogP contribution < -0.4 is 5.32 Å². The van der Waals surface area contributed by atoms with Crippen molar-refractivity contribution in [2.45, 2.75) is 19.3 Å². The van der Waals surface area contributed by atoms with E-state index in [2.05, 4.69) is 20.4 Å². The molecule has 1 fully saturated rings. The molecule has 1 aromatic carbocycles. The molecule has 0 saturated heterocycles. The van der Waals surface area contributed by atoms with Gasteiger partial charge >= 0.3 is 0 Å². The van der Waals surface area contributed by atoms with Gasteiger partial charge in [0, 0.05) is 6.54 Å². The summed E-state index contributed by atoms with van der Waals surface area (Å²) >= 11 is 0. The molecular formula is C16H17N5. The van der Waals surface area contributed by atoms with Gasteiger partial charge in [-0.3, -0.25) is 0 Å². The van der Waals surface area contributed by atoms with Crippen LogP contribution in [0.5, 0.6) is 0 Å². The number of rotatable bonds is 5. The second-order valence-corrected chi connectivity index (χ2v) is 5.51. The molecule has 21 heavy (non-hydrogen) atoms. The summed E-state index contributed by atoms with van der Waals surface area (Å²) in [5.41, 5.74) is 1.85. The topological polar surface area (TPSA) is 55.6 Å².